The molecule has 2 unspecified atom stereocenters. The number of fused-ring (bicyclic) bond motifs is 3. The molecule has 0 aliphatic heterocycles. The Morgan fingerprint density at radius 3 is 2.59 bits per heavy atom. The summed E-state index contributed by atoms with van der Waals surface area (Å²) in [5, 5.41) is 0. The van der Waals surface area contributed by atoms with E-state index in [0.717, 1.165) is 18.4 Å². The van der Waals surface area contributed by atoms with Gasteiger partial charge in [-0.3, -0.25) is 4.79 Å². The Bertz CT molecular complexity index is 756. The van der Waals surface area contributed by atoms with E-state index in [2.05, 4.69) is 25.1 Å². The molecule has 3 aliphatic carbocycles. The van der Waals surface area contributed by atoms with Gasteiger partial charge in [-0.1, -0.05) is 76.5 Å². The predicted octanol–water partition coefficient (Wildman–Crippen LogP) is 7.60. The third kappa shape index (κ3) is 4.53. The number of ketones is 1. The van der Waals surface area contributed by atoms with Crippen molar-refractivity contribution in [2.24, 2.45) is 5.92 Å². The second-order valence-electron chi connectivity index (χ2n) is 9.60. The van der Waals surface area contributed by atoms with E-state index in [1.54, 1.807) is 6.92 Å². The molecule has 2 heteroatoms. The molecule has 2 atom stereocenters. The second-order valence-corrected chi connectivity index (χ2v) is 9.60. The molecule has 1 aromatic rings. The van der Waals surface area contributed by atoms with Gasteiger partial charge in [0.2, 0.25) is 0 Å². The molecule has 2 saturated carbocycles. The summed E-state index contributed by atoms with van der Waals surface area (Å²) in [6.07, 6.45) is 19.5. The summed E-state index contributed by atoms with van der Waals surface area (Å²) in [6, 6.07) is 6.39. The van der Waals surface area contributed by atoms with Crippen molar-refractivity contribution in [1.29, 1.82) is 0 Å². The zero-order valence-electron chi connectivity index (χ0n) is 18.5. The van der Waals surface area contributed by atoms with Crippen molar-refractivity contribution < 1.29 is 9.53 Å². The van der Waals surface area contributed by atoms with Crippen LogP contribution < -0.4 is 0 Å². The van der Waals surface area contributed by atoms with E-state index in [9.17, 15) is 4.79 Å². The number of benzene rings is 1. The summed E-state index contributed by atoms with van der Waals surface area (Å²) < 4.78 is 6.81. The molecule has 4 rings (SSSR count). The Morgan fingerprint density at radius 2 is 1.83 bits per heavy atom. The zero-order valence-corrected chi connectivity index (χ0v) is 18.5. The summed E-state index contributed by atoms with van der Waals surface area (Å²) in [4.78, 5) is 12.0. The van der Waals surface area contributed by atoms with E-state index in [0.29, 0.717) is 12.0 Å². The van der Waals surface area contributed by atoms with Crippen LogP contribution in [0.2, 0.25) is 0 Å². The molecule has 0 bridgehead atoms. The molecular weight excluding hydrogens is 356 g/mol. The fourth-order valence-electron chi connectivity index (χ4n) is 5.49. The topological polar surface area (TPSA) is 26.3 Å². The molecule has 0 aromatic heterocycles. The highest BCUT2D eigenvalue weighted by Crippen LogP contribution is 2.62. The minimum atomic E-state index is -0.0999. The quantitative estimate of drug-likeness (QED) is 0.301. The maximum atomic E-state index is 12.0. The number of Topliss-reactive ketones (excluding diaryl/α,β-unsaturated/α-hetero) is 1. The lowest BCUT2D eigenvalue weighted by Crippen LogP contribution is -2.28. The summed E-state index contributed by atoms with van der Waals surface area (Å²) in [6.45, 7) is 3.95. The maximum Gasteiger partial charge on any atom is 0.159 e. The van der Waals surface area contributed by atoms with Crippen molar-refractivity contribution in [1.82, 2.24) is 0 Å². The molecule has 0 spiro atoms. The summed E-state index contributed by atoms with van der Waals surface area (Å²) in [7, 11) is 0. The second kappa shape index (κ2) is 9.16. The number of carbonyl (C=O) groups excluding carboxylic acids is 1. The van der Waals surface area contributed by atoms with Crippen molar-refractivity contribution in [3.63, 3.8) is 0 Å². The van der Waals surface area contributed by atoms with Crippen LogP contribution in [0.15, 0.2) is 24.3 Å². The van der Waals surface area contributed by atoms with E-state index >= 15 is 0 Å². The third-order valence-corrected chi connectivity index (χ3v) is 7.32. The number of unbranched alkanes of at least 4 members (excludes halogenated alkanes) is 5. The first kappa shape index (κ1) is 20.8. The summed E-state index contributed by atoms with van der Waals surface area (Å²) in [5.74, 6) is 0.696. The molecule has 2 fully saturated rings. The van der Waals surface area contributed by atoms with Crippen LogP contribution in [0.5, 0.6) is 0 Å². The Hall–Kier alpha value is -1.41. The fraction of sp³-hybridized carbons (Fsp3) is 0.667. The summed E-state index contributed by atoms with van der Waals surface area (Å²) in [5.41, 5.74) is 4.86. The molecule has 0 heterocycles. The van der Waals surface area contributed by atoms with E-state index in [1.165, 1.54) is 87.3 Å². The largest absolute Gasteiger partial charge is 0.366 e. The smallest absolute Gasteiger partial charge is 0.159 e. The molecule has 1 aromatic carbocycles. The highest BCUT2D eigenvalue weighted by Gasteiger charge is 2.59. The molecule has 0 radical (unpaired) electrons. The van der Waals surface area contributed by atoms with Crippen molar-refractivity contribution in [3.8, 4) is 0 Å². The zero-order chi connectivity index (χ0) is 20.3. The average molecular weight is 395 g/mol. The monoisotopic (exact) mass is 394 g/mol. The number of hydrogen-bond donors (Lipinski definition) is 0. The number of ether oxygens (including phenoxy) is 1. The predicted molar refractivity (Wildman–Crippen MR) is 120 cm³/mol. The Morgan fingerprint density at radius 1 is 1.07 bits per heavy atom. The van der Waals surface area contributed by atoms with Gasteiger partial charge in [0.1, 0.15) is 5.60 Å². The maximum absolute atomic E-state index is 12.0. The Labute approximate surface area is 177 Å². The van der Waals surface area contributed by atoms with Gasteiger partial charge in [0.05, 0.1) is 6.10 Å². The van der Waals surface area contributed by atoms with E-state index < -0.39 is 0 Å². The fourth-order valence-corrected chi connectivity index (χ4v) is 5.49. The number of allylic oxidation sites excluding steroid dienone is 1. The SMILES string of the molecule is CCCCCCCCC1=CC2CC2(OC2CCCCC2)c2ccc(C(C)=O)cc21. The molecule has 3 aliphatic rings. The van der Waals surface area contributed by atoms with E-state index in [1.807, 2.05) is 6.07 Å². The summed E-state index contributed by atoms with van der Waals surface area (Å²) >= 11 is 0. The van der Waals surface area contributed by atoms with Gasteiger partial charge in [-0.05, 0) is 61.8 Å². The van der Waals surface area contributed by atoms with Crippen LogP contribution in [0.25, 0.3) is 5.57 Å². The van der Waals surface area contributed by atoms with Crippen LogP contribution >= 0.6 is 0 Å². The molecule has 0 N–H and O–H groups in total. The van der Waals surface area contributed by atoms with Crippen molar-refractivity contribution in [2.75, 3.05) is 0 Å². The lowest BCUT2D eigenvalue weighted by atomic mass is 9.84. The minimum absolute atomic E-state index is 0.0999. The molecular formula is C27H38O2. The third-order valence-electron chi connectivity index (χ3n) is 7.32. The van der Waals surface area contributed by atoms with Crippen LogP contribution in [0.4, 0.5) is 0 Å². The van der Waals surface area contributed by atoms with Gasteiger partial charge >= 0.3 is 0 Å². The van der Waals surface area contributed by atoms with Gasteiger partial charge in [-0.25, -0.2) is 0 Å². The number of hydrogen-bond acceptors (Lipinski definition) is 2. The van der Waals surface area contributed by atoms with Crippen molar-refractivity contribution in [2.45, 2.75) is 109 Å². The average Bonchev–Trinajstić information content (AvgIpc) is 3.44. The Kier molecular flexibility index (Phi) is 6.59. The Balaban J connectivity index is 1.51. The van der Waals surface area contributed by atoms with E-state index in [-0.39, 0.29) is 11.4 Å². The van der Waals surface area contributed by atoms with Gasteiger partial charge < -0.3 is 4.74 Å². The highest BCUT2D eigenvalue weighted by atomic mass is 16.5. The van der Waals surface area contributed by atoms with Crippen LogP contribution in [0, 0.1) is 5.92 Å². The van der Waals surface area contributed by atoms with Crippen molar-refractivity contribution in [3.05, 3.63) is 41.0 Å². The first-order valence-corrected chi connectivity index (χ1v) is 12.2. The van der Waals surface area contributed by atoms with Crippen LogP contribution in [-0.2, 0) is 10.3 Å². The standard InChI is InChI=1S/C27H38O2/c1-3-4-5-6-7-9-12-22-17-23-19-27(23,29-24-13-10-8-11-14-24)26-16-15-21(20(2)28)18-25(22)26/h15-18,23-24H,3-14,19H2,1-2H3. The molecule has 29 heavy (non-hydrogen) atoms. The molecule has 158 valence electrons. The number of rotatable bonds is 10. The lowest BCUT2D eigenvalue weighted by molar-refractivity contribution is -0.0562. The van der Waals surface area contributed by atoms with Gasteiger partial charge in [0.25, 0.3) is 0 Å². The van der Waals surface area contributed by atoms with Gasteiger partial charge in [-0.2, -0.15) is 0 Å². The van der Waals surface area contributed by atoms with Crippen LogP contribution in [-0.4, -0.2) is 11.9 Å². The molecule has 0 amide bonds. The van der Waals surface area contributed by atoms with Gasteiger partial charge in [-0.15, -0.1) is 0 Å². The highest BCUT2D eigenvalue weighted by molar-refractivity contribution is 5.95. The lowest BCUT2D eigenvalue weighted by Gasteiger charge is -2.32. The minimum Gasteiger partial charge on any atom is -0.366 e. The van der Waals surface area contributed by atoms with Crippen LogP contribution in [0.3, 0.4) is 0 Å². The number of carbonyl (C=O) groups is 1. The molecule has 2 nitrogen and oxygen atoms in total. The van der Waals surface area contributed by atoms with Crippen molar-refractivity contribution >= 4 is 11.4 Å². The molecule has 0 saturated heterocycles. The first-order valence-electron chi connectivity index (χ1n) is 12.2. The van der Waals surface area contributed by atoms with Gasteiger partial charge in [0.15, 0.2) is 5.78 Å². The normalized spacial score (nSPS) is 25.9. The van der Waals surface area contributed by atoms with Gasteiger partial charge in [0, 0.05) is 11.5 Å². The van der Waals surface area contributed by atoms with E-state index in [4.69, 9.17) is 4.74 Å². The first-order chi connectivity index (χ1) is 14.1. The van der Waals surface area contributed by atoms with Crippen LogP contribution in [0.1, 0.15) is 119 Å².